The standard InChI is InChI=1S/C11H22O3S/c1-5-9(3)7-15(13,14)8-11(12)10(4)6-2/h9-10H,5-8H2,1-4H3. The zero-order valence-electron chi connectivity index (χ0n) is 10.1. The molecule has 0 aliphatic heterocycles. The number of Topliss-reactive ketones (excluding diaryl/α,β-unsaturated/α-hetero) is 1. The molecule has 2 atom stereocenters. The summed E-state index contributed by atoms with van der Waals surface area (Å²) in [6, 6.07) is 0. The number of carbonyl (C=O) groups is 1. The molecule has 0 saturated carbocycles. The minimum atomic E-state index is -3.20. The summed E-state index contributed by atoms with van der Waals surface area (Å²) in [7, 11) is -3.20. The first-order valence-corrected chi connectivity index (χ1v) is 7.37. The molecule has 0 aromatic carbocycles. The average Bonchev–Trinajstić information content (AvgIpc) is 2.14. The molecule has 0 fully saturated rings. The van der Waals surface area contributed by atoms with Crippen molar-refractivity contribution >= 4 is 15.6 Å². The fraction of sp³-hybridized carbons (Fsp3) is 0.909. The first kappa shape index (κ1) is 14.6. The highest BCUT2D eigenvalue weighted by atomic mass is 32.2. The largest absolute Gasteiger partial charge is 0.298 e. The molecule has 3 nitrogen and oxygen atoms in total. The summed E-state index contributed by atoms with van der Waals surface area (Å²) in [6.07, 6.45) is 1.54. The zero-order chi connectivity index (χ0) is 12.1. The Labute approximate surface area is 93.2 Å². The lowest BCUT2D eigenvalue weighted by atomic mass is 10.1. The van der Waals surface area contributed by atoms with Crippen molar-refractivity contribution in [3.8, 4) is 0 Å². The van der Waals surface area contributed by atoms with Crippen molar-refractivity contribution in [1.29, 1.82) is 0 Å². The van der Waals surface area contributed by atoms with Gasteiger partial charge in [0.1, 0.15) is 5.75 Å². The second-order valence-corrected chi connectivity index (χ2v) is 6.45. The molecular formula is C11H22O3S. The normalized spacial score (nSPS) is 16.0. The highest BCUT2D eigenvalue weighted by molar-refractivity contribution is 7.92. The van der Waals surface area contributed by atoms with Crippen LogP contribution in [0.5, 0.6) is 0 Å². The van der Waals surface area contributed by atoms with Crippen LogP contribution < -0.4 is 0 Å². The molecule has 0 heterocycles. The van der Waals surface area contributed by atoms with Gasteiger partial charge in [0.2, 0.25) is 0 Å². The molecule has 15 heavy (non-hydrogen) atoms. The monoisotopic (exact) mass is 234 g/mol. The van der Waals surface area contributed by atoms with Crippen molar-refractivity contribution < 1.29 is 13.2 Å². The van der Waals surface area contributed by atoms with Gasteiger partial charge in [0.25, 0.3) is 0 Å². The smallest absolute Gasteiger partial charge is 0.157 e. The summed E-state index contributed by atoms with van der Waals surface area (Å²) < 4.78 is 23.2. The number of sulfone groups is 1. The van der Waals surface area contributed by atoms with E-state index in [1.807, 2.05) is 20.8 Å². The predicted molar refractivity (Wildman–Crippen MR) is 62.6 cm³/mol. The van der Waals surface area contributed by atoms with Gasteiger partial charge in [0.15, 0.2) is 15.6 Å². The molecule has 0 rings (SSSR count). The number of carbonyl (C=O) groups excluding carboxylic acids is 1. The summed E-state index contributed by atoms with van der Waals surface area (Å²) in [4.78, 5) is 11.5. The van der Waals surface area contributed by atoms with Crippen LogP contribution in [0.2, 0.25) is 0 Å². The molecular weight excluding hydrogens is 212 g/mol. The Morgan fingerprint density at radius 2 is 1.67 bits per heavy atom. The van der Waals surface area contributed by atoms with E-state index < -0.39 is 9.84 Å². The van der Waals surface area contributed by atoms with E-state index in [0.717, 1.165) is 6.42 Å². The van der Waals surface area contributed by atoms with Crippen LogP contribution in [0.15, 0.2) is 0 Å². The van der Waals surface area contributed by atoms with E-state index in [1.165, 1.54) is 0 Å². The van der Waals surface area contributed by atoms with Crippen LogP contribution in [0.4, 0.5) is 0 Å². The molecule has 0 N–H and O–H groups in total. The van der Waals surface area contributed by atoms with Gasteiger partial charge >= 0.3 is 0 Å². The molecule has 0 aliphatic carbocycles. The van der Waals surface area contributed by atoms with Crippen molar-refractivity contribution in [1.82, 2.24) is 0 Å². The lowest BCUT2D eigenvalue weighted by Crippen LogP contribution is -2.25. The molecule has 0 radical (unpaired) electrons. The van der Waals surface area contributed by atoms with Crippen LogP contribution in [0.25, 0.3) is 0 Å². The van der Waals surface area contributed by atoms with E-state index in [4.69, 9.17) is 0 Å². The Morgan fingerprint density at radius 1 is 1.13 bits per heavy atom. The fourth-order valence-corrected chi connectivity index (χ4v) is 3.14. The summed E-state index contributed by atoms with van der Waals surface area (Å²) in [5, 5.41) is 0. The maximum atomic E-state index is 11.6. The van der Waals surface area contributed by atoms with Gasteiger partial charge in [0, 0.05) is 5.92 Å². The molecule has 0 saturated heterocycles. The van der Waals surface area contributed by atoms with Gasteiger partial charge in [0.05, 0.1) is 5.75 Å². The SMILES string of the molecule is CCC(C)CS(=O)(=O)CC(=O)C(C)CC. The van der Waals surface area contributed by atoms with Crippen LogP contribution in [0.3, 0.4) is 0 Å². The van der Waals surface area contributed by atoms with E-state index in [0.29, 0.717) is 6.42 Å². The third-order valence-electron chi connectivity index (χ3n) is 2.76. The van der Waals surface area contributed by atoms with Crippen molar-refractivity contribution in [2.75, 3.05) is 11.5 Å². The Hall–Kier alpha value is -0.380. The Bertz CT molecular complexity index is 293. The molecule has 0 aromatic rings. The molecule has 4 heteroatoms. The second-order valence-electron chi connectivity index (χ2n) is 4.34. The minimum absolute atomic E-state index is 0.131. The van der Waals surface area contributed by atoms with Gasteiger partial charge in [-0.3, -0.25) is 4.79 Å². The number of hydrogen-bond acceptors (Lipinski definition) is 3. The highest BCUT2D eigenvalue weighted by Crippen LogP contribution is 2.09. The second kappa shape index (κ2) is 6.26. The van der Waals surface area contributed by atoms with Gasteiger partial charge in [-0.2, -0.15) is 0 Å². The fourth-order valence-electron chi connectivity index (χ4n) is 1.20. The van der Waals surface area contributed by atoms with Gasteiger partial charge in [-0.05, 0) is 12.3 Å². The Kier molecular flexibility index (Phi) is 6.10. The van der Waals surface area contributed by atoms with E-state index in [2.05, 4.69) is 0 Å². The Balaban J connectivity index is 4.33. The van der Waals surface area contributed by atoms with Gasteiger partial charge in [-0.15, -0.1) is 0 Å². The van der Waals surface area contributed by atoms with Crippen LogP contribution in [0.1, 0.15) is 40.5 Å². The van der Waals surface area contributed by atoms with Crippen LogP contribution in [0, 0.1) is 11.8 Å². The summed E-state index contributed by atoms with van der Waals surface area (Å²) in [5.74, 6) is -0.310. The van der Waals surface area contributed by atoms with E-state index >= 15 is 0 Å². The summed E-state index contributed by atoms with van der Waals surface area (Å²) in [5.41, 5.74) is 0. The lowest BCUT2D eigenvalue weighted by molar-refractivity contribution is -0.119. The number of ketones is 1. The average molecular weight is 234 g/mol. The van der Waals surface area contributed by atoms with Gasteiger partial charge < -0.3 is 0 Å². The molecule has 0 amide bonds. The quantitative estimate of drug-likeness (QED) is 0.677. The predicted octanol–water partition coefficient (Wildman–Crippen LogP) is 2.06. The zero-order valence-corrected chi connectivity index (χ0v) is 10.9. The molecule has 0 aliphatic rings. The van der Waals surface area contributed by atoms with Crippen molar-refractivity contribution in [2.24, 2.45) is 11.8 Å². The minimum Gasteiger partial charge on any atom is -0.298 e. The van der Waals surface area contributed by atoms with Crippen LogP contribution in [-0.4, -0.2) is 25.7 Å². The third kappa shape index (κ3) is 5.92. The van der Waals surface area contributed by atoms with Gasteiger partial charge in [-0.25, -0.2) is 8.42 Å². The maximum Gasteiger partial charge on any atom is 0.157 e. The first-order valence-electron chi connectivity index (χ1n) is 5.55. The maximum absolute atomic E-state index is 11.6. The van der Waals surface area contributed by atoms with Crippen molar-refractivity contribution in [3.63, 3.8) is 0 Å². The number of rotatable bonds is 7. The summed E-state index contributed by atoms with van der Waals surface area (Å²) in [6.45, 7) is 7.52. The van der Waals surface area contributed by atoms with Crippen LogP contribution in [-0.2, 0) is 14.6 Å². The lowest BCUT2D eigenvalue weighted by Gasteiger charge is -2.11. The molecule has 2 unspecified atom stereocenters. The van der Waals surface area contributed by atoms with Crippen LogP contribution >= 0.6 is 0 Å². The van der Waals surface area contributed by atoms with E-state index in [-0.39, 0.29) is 29.1 Å². The summed E-state index contributed by atoms with van der Waals surface area (Å²) >= 11 is 0. The first-order chi connectivity index (χ1) is 6.82. The third-order valence-corrected chi connectivity index (χ3v) is 4.56. The molecule has 90 valence electrons. The molecule has 0 bridgehead atoms. The Morgan fingerprint density at radius 3 is 2.07 bits per heavy atom. The molecule has 0 spiro atoms. The molecule has 0 aromatic heterocycles. The highest BCUT2D eigenvalue weighted by Gasteiger charge is 2.21. The topological polar surface area (TPSA) is 51.2 Å². The van der Waals surface area contributed by atoms with Gasteiger partial charge in [-0.1, -0.05) is 34.1 Å². The van der Waals surface area contributed by atoms with Crippen molar-refractivity contribution in [2.45, 2.75) is 40.5 Å². The van der Waals surface area contributed by atoms with E-state index in [9.17, 15) is 13.2 Å². The van der Waals surface area contributed by atoms with E-state index in [1.54, 1.807) is 6.92 Å². The van der Waals surface area contributed by atoms with Crippen molar-refractivity contribution in [3.05, 3.63) is 0 Å². The number of hydrogen-bond donors (Lipinski definition) is 0.